The number of carbonyl (C=O) groups is 2. The predicted octanol–water partition coefficient (Wildman–Crippen LogP) is 2.49. The van der Waals surface area contributed by atoms with Gasteiger partial charge in [0.25, 0.3) is 0 Å². The third kappa shape index (κ3) is 4.82. The first-order valence-electron chi connectivity index (χ1n) is 8.74. The van der Waals surface area contributed by atoms with Gasteiger partial charge in [-0.15, -0.1) is 0 Å². The van der Waals surface area contributed by atoms with Gasteiger partial charge in [-0.05, 0) is 36.6 Å². The Kier molecular flexibility index (Phi) is 6.39. The summed E-state index contributed by atoms with van der Waals surface area (Å²) < 4.78 is 5.77. The Balaban J connectivity index is 1.63. The van der Waals surface area contributed by atoms with Crippen LogP contribution in [0.15, 0.2) is 47.2 Å². The fraction of sp³-hybridized carbons (Fsp3) is 0.368. The van der Waals surface area contributed by atoms with Gasteiger partial charge in [-0.25, -0.2) is 14.8 Å². The quantitative estimate of drug-likeness (QED) is 0.730. The number of aromatic nitrogens is 2. The molecule has 1 unspecified atom stereocenters. The van der Waals surface area contributed by atoms with Gasteiger partial charge in [0, 0.05) is 35.9 Å². The Morgan fingerprint density at radius 3 is 2.41 bits per heavy atom. The number of methoxy groups -OCH3 is 1. The number of ether oxygens (including phenoxy) is 1. The van der Waals surface area contributed by atoms with Crippen molar-refractivity contribution in [3.05, 3.63) is 52.8 Å². The number of hydrogen-bond donors (Lipinski definition) is 1. The summed E-state index contributed by atoms with van der Waals surface area (Å²) in [7, 11) is 1.32. The van der Waals surface area contributed by atoms with E-state index in [1.165, 1.54) is 7.11 Å². The summed E-state index contributed by atoms with van der Waals surface area (Å²) in [5.74, 6) is -0.103. The molecule has 1 aliphatic heterocycles. The average Bonchev–Trinajstić information content (AvgIpc) is 2.73. The van der Waals surface area contributed by atoms with Gasteiger partial charge in [0.05, 0.1) is 7.11 Å². The molecule has 0 bridgehead atoms. The Morgan fingerprint density at radius 2 is 1.81 bits per heavy atom. The number of nitrogens with zero attached hydrogens (tertiary/aromatic N) is 3. The minimum absolute atomic E-state index is 0.137. The van der Waals surface area contributed by atoms with Crippen LogP contribution in [-0.2, 0) is 14.3 Å². The van der Waals surface area contributed by atoms with Crippen molar-refractivity contribution in [1.29, 1.82) is 0 Å². The summed E-state index contributed by atoms with van der Waals surface area (Å²) in [6, 6.07) is 8.21. The lowest BCUT2D eigenvalue weighted by Gasteiger charge is -2.31. The Morgan fingerprint density at radius 1 is 1.19 bits per heavy atom. The standard InChI is InChI=1S/C19H21BrN4O3/c1-27-18(26)16(13-3-5-15(20)6-4-13)23-17(25)14-7-11-24(12-8-14)19-21-9-2-10-22-19/h2-6,9-10,14,16H,7-8,11-12H2,1H3,(H,23,25). The van der Waals surface area contributed by atoms with Crippen molar-refractivity contribution < 1.29 is 14.3 Å². The maximum absolute atomic E-state index is 12.7. The zero-order chi connectivity index (χ0) is 19.2. The first-order valence-corrected chi connectivity index (χ1v) is 9.53. The number of rotatable bonds is 5. The Hall–Kier alpha value is -2.48. The second-order valence-corrected chi connectivity index (χ2v) is 7.24. The molecule has 1 aromatic carbocycles. The molecule has 1 fully saturated rings. The van der Waals surface area contributed by atoms with Crippen LogP contribution >= 0.6 is 15.9 Å². The van der Waals surface area contributed by atoms with Gasteiger partial charge < -0.3 is 15.0 Å². The van der Waals surface area contributed by atoms with Gasteiger partial charge in [-0.1, -0.05) is 28.1 Å². The predicted molar refractivity (Wildman–Crippen MR) is 104 cm³/mol. The highest BCUT2D eigenvalue weighted by molar-refractivity contribution is 9.10. The number of carbonyl (C=O) groups excluding carboxylic acids is 2. The van der Waals surface area contributed by atoms with E-state index < -0.39 is 12.0 Å². The van der Waals surface area contributed by atoms with Crippen molar-refractivity contribution in [2.45, 2.75) is 18.9 Å². The molecular weight excluding hydrogens is 412 g/mol. The number of amides is 1. The summed E-state index contributed by atoms with van der Waals surface area (Å²) in [4.78, 5) is 35.5. The number of halogens is 1. The van der Waals surface area contributed by atoms with Gasteiger partial charge in [-0.2, -0.15) is 0 Å². The van der Waals surface area contributed by atoms with Crippen molar-refractivity contribution in [2.75, 3.05) is 25.1 Å². The first kappa shape index (κ1) is 19.3. The molecule has 142 valence electrons. The molecule has 1 N–H and O–H groups in total. The van der Waals surface area contributed by atoms with Crippen LogP contribution in [0, 0.1) is 5.92 Å². The molecule has 27 heavy (non-hydrogen) atoms. The fourth-order valence-electron chi connectivity index (χ4n) is 3.11. The number of anilines is 1. The molecule has 0 radical (unpaired) electrons. The molecule has 3 rings (SSSR count). The summed E-state index contributed by atoms with van der Waals surface area (Å²) in [6.45, 7) is 1.40. The maximum atomic E-state index is 12.7. The highest BCUT2D eigenvalue weighted by Gasteiger charge is 2.30. The lowest BCUT2D eigenvalue weighted by atomic mass is 9.95. The lowest BCUT2D eigenvalue weighted by Crippen LogP contribution is -2.43. The number of benzene rings is 1. The molecule has 0 saturated carbocycles. The lowest BCUT2D eigenvalue weighted by molar-refractivity contribution is -0.146. The van der Waals surface area contributed by atoms with Crippen LogP contribution in [0.1, 0.15) is 24.4 Å². The summed E-state index contributed by atoms with van der Waals surface area (Å²) in [5, 5.41) is 2.85. The van der Waals surface area contributed by atoms with Crippen LogP contribution in [-0.4, -0.2) is 42.0 Å². The van der Waals surface area contributed by atoms with Crippen LogP contribution < -0.4 is 10.2 Å². The van der Waals surface area contributed by atoms with E-state index in [1.54, 1.807) is 30.6 Å². The Bertz CT molecular complexity index is 777. The van der Waals surface area contributed by atoms with Crippen molar-refractivity contribution >= 4 is 33.8 Å². The van der Waals surface area contributed by atoms with E-state index in [1.807, 2.05) is 12.1 Å². The van der Waals surface area contributed by atoms with Crippen molar-refractivity contribution in [2.24, 2.45) is 5.92 Å². The molecule has 7 nitrogen and oxygen atoms in total. The monoisotopic (exact) mass is 432 g/mol. The Labute approximate surface area is 166 Å². The minimum atomic E-state index is -0.814. The third-order valence-corrected chi connectivity index (χ3v) is 5.16. The van der Waals surface area contributed by atoms with E-state index in [9.17, 15) is 9.59 Å². The molecule has 1 aliphatic rings. The van der Waals surface area contributed by atoms with Crippen LogP contribution in [0.25, 0.3) is 0 Å². The topological polar surface area (TPSA) is 84.4 Å². The van der Waals surface area contributed by atoms with Crippen molar-refractivity contribution in [1.82, 2.24) is 15.3 Å². The van der Waals surface area contributed by atoms with Gasteiger partial charge in [0.1, 0.15) is 0 Å². The van der Waals surface area contributed by atoms with E-state index >= 15 is 0 Å². The van der Waals surface area contributed by atoms with E-state index in [-0.39, 0.29) is 11.8 Å². The normalized spacial score (nSPS) is 15.9. The molecule has 2 aromatic rings. The zero-order valence-electron chi connectivity index (χ0n) is 15.0. The highest BCUT2D eigenvalue weighted by atomic mass is 79.9. The third-order valence-electron chi connectivity index (χ3n) is 4.63. The fourth-order valence-corrected chi connectivity index (χ4v) is 3.37. The average molecular weight is 433 g/mol. The molecule has 1 amide bonds. The second-order valence-electron chi connectivity index (χ2n) is 6.33. The van der Waals surface area contributed by atoms with Crippen molar-refractivity contribution in [3.63, 3.8) is 0 Å². The summed E-state index contributed by atoms with van der Waals surface area (Å²) >= 11 is 3.37. The van der Waals surface area contributed by atoms with Gasteiger partial charge in [-0.3, -0.25) is 4.79 Å². The molecule has 8 heteroatoms. The SMILES string of the molecule is COC(=O)C(NC(=O)C1CCN(c2ncccn2)CC1)c1ccc(Br)cc1. The van der Waals surface area contributed by atoms with Gasteiger partial charge in [0.15, 0.2) is 6.04 Å². The van der Waals surface area contributed by atoms with E-state index in [0.717, 1.165) is 4.47 Å². The molecular formula is C19H21BrN4O3. The van der Waals surface area contributed by atoms with Crippen LogP contribution in [0.2, 0.25) is 0 Å². The second kappa shape index (κ2) is 8.94. The van der Waals surface area contributed by atoms with Gasteiger partial charge in [0.2, 0.25) is 11.9 Å². The molecule has 1 saturated heterocycles. The molecule has 2 heterocycles. The largest absolute Gasteiger partial charge is 0.467 e. The number of nitrogens with one attached hydrogen (secondary N) is 1. The maximum Gasteiger partial charge on any atom is 0.333 e. The van der Waals surface area contributed by atoms with Crippen LogP contribution in [0.4, 0.5) is 5.95 Å². The van der Waals surface area contributed by atoms with Gasteiger partial charge >= 0.3 is 5.97 Å². The smallest absolute Gasteiger partial charge is 0.333 e. The van der Waals surface area contributed by atoms with E-state index in [2.05, 4.69) is 36.1 Å². The number of piperidine rings is 1. The van der Waals surface area contributed by atoms with Crippen molar-refractivity contribution in [3.8, 4) is 0 Å². The van der Waals surface area contributed by atoms with E-state index in [0.29, 0.717) is 37.4 Å². The van der Waals surface area contributed by atoms with Crippen LogP contribution in [0.3, 0.4) is 0 Å². The zero-order valence-corrected chi connectivity index (χ0v) is 16.6. The highest BCUT2D eigenvalue weighted by Crippen LogP contribution is 2.23. The molecule has 0 aliphatic carbocycles. The first-order chi connectivity index (χ1) is 13.1. The molecule has 1 aromatic heterocycles. The number of hydrogen-bond acceptors (Lipinski definition) is 6. The number of esters is 1. The van der Waals surface area contributed by atoms with Crippen LogP contribution in [0.5, 0.6) is 0 Å². The summed E-state index contributed by atoms with van der Waals surface area (Å²) in [6.07, 6.45) is 4.78. The minimum Gasteiger partial charge on any atom is -0.467 e. The molecule has 0 spiro atoms. The summed E-state index contributed by atoms with van der Waals surface area (Å²) in [5.41, 5.74) is 0.688. The van der Waals surface area contributed by atoms with E-state index in [4.69, 9.17) is 4.74 Å². The molecule has 1 atom stereocenters.